The third-order valence-electron chi connectivity index (χ3n) is 2.41. The molecule has 1 aromatic carbocycles. The van der Waals surface area contributed by atoms with Crippen LogP contribution >= 0.6 is 22.7 Å². The Hall–Kier alpha value is -0.184. The van der Waals surface area contributed by atoms with Crippen molar-refractivity contribution < 1.29 is 66.3 Å². The van der Waals surface area contributed by atoms with Gasteiger partial charge in [-0.2, -0.15) is 12.1 Å². The topological polar surface area (TPSA) is 51.5 Å². The van der Waals surface area contributed by atoms with Crippen molar-refractivity contribution >= 4 is 22.7 Å². The van der Waals surface area contributed by atoms with E-state index in [9.17, 15) is 0 Å². The van der Waals surface area contributed by atoms with Gasteiger partial charge in [-0.1, -0.05) is 6.07 Å². The largest absolute Gasteiger partial charge is 1.00 e. The van der Waals surface area contributed by atoms with E-state index in [0.717, 1.165) is 21.6 Å². The second kappa shape index (κ2) is 9.07. The molecule has 0 bridgehead atoms. The molecule has 0 aliphatic rings. The number of rotatable bonds is 4. The third-order valence-corrected chi connectivity index (χ3v) is 3.96. The molecule has 3 rings (SSSR count). The van der Waals surface area contributed by atoms with Crippen LogP contribution in [0, 0.1) is 12.3 Å². The summed E-state index contributed by atoms with van der Waals surface area (Å²) < 4.78 is 11.5. The molecule has 0 spiro atoms. The van der Waals surface area contributed by atoms with E-state index in [4.69, 9.17) is 9.47 Å². The van der Waals surface area contributed by atoms with E-state index in [1.54, 1.807) is 11.3 Å². The fourth-order valence-corrected chi connectivity index (χ4v) is 2.84. The maximum atomic E-state index is 5.79. The molecule has 2 aromatic heterocycles. The summed E-state index contributed by atoms with van der Waals surface area (Å²) in [6, 6.07) is 15.4. The molecule has 0 fully saturated rings. The van der Waals surface area contributed by atoms with Gasteiger partial charge in [-0.05, 0) is 31.2 Å². The van der Waals surface area contributed by atoms with E-state index in [1.165, 1.54) is 16.2 Å². The predicted molar refractivity (Wildman–Crippen MR) is 83.7 cm³/mol. The second-order valence-corrected chi connectivity index (χ2v) is 6.01. The molecule has 0 aliphatic heterocycles. The summed E-state index contributed by atoms with van der Waals surface area (Å²) in [5.41, 5.74) is 0. The van der Waals surface area contributed by atoms with Crippen LogP contribution in [0.25, 0.3) is 0 Å². The second-order valence-electron chi connectivity index (χ2n) is 3.92. The first-order chi connectivity index (χ1) is 9.29. The quantitative estimate of drug-likeness (QED) is 0.410. The summed E-state index contributed by atoms with van der Waals surface area (Å²) in [5, 5.41) is 4.71. The normalized spacial score (nSPS) is 9.38. The van der Waals surface area contributed by atoms with E-state index in [0.29, 0.717) is 0 Å². The van der Waals surface area contributed by atoms with Crippen molar-refractivity contribution in [3.63, 3.8) is 0 Å². The maximum Gasteiger partial charge on any atom is 1.00 e. The molecular weight excluding hydrogens is 331 g/mol. The standard InChI is InChI=1S/C15H11O2S2.K.H2O/c1-11-7-8-15(19-11)17-13-5-2-4-12(10-13)16-14-6-3-9-18-14;;/h2-8,10H,1H3;;1H2/q-1;+1;/p+1. The molecule has 0 atom stereocenters. The van der Waals surface area contributed by atoms with Crippen LogP contribution in [0.4, 0.5) is 0 Å². The van der Waals surface area contributed by atoms with Crippen LogP contribution in [-0.4, -0.2) is 0 Å². The van der Waals surface area contributed by atoms with Gasteiger partial charge in [-0.3, -0.25) is 11.3 Å². The minimum absolute atomic E-state index is 0. The fourth-order valence-electron chi connectivity index (χ4n) is 1.58. The van der Waals surface area contributed by atoms with Crippen LogP contribution in [0.5, 0.6) is 21.6 Å². The van der Waals surface area contributed by atoms with E-state index in [2.05, 4.69) is 12.3 Å². The van der Waals surface area contributed by atoms with Crippen molar-refractivity contribution in [2.75, 3.05) is 0 Å². The summed E-state index contributed by atoms with van der Waals surface area (Å²) in [4.78, 5) is 1.23. The van der Waals surface area contributed by atoms with Crippen molar-refractivity contribution in [2.24, 2.45) is 0 Å². The average Bonchev–Trinajstić information content (AvgIpc) is 3.02. The van der Waals surface area contributed by atoms with Crippen LogP contribution < -0.4 is 60.9 Å². The number of ether oxygens (including phenoxy) is 2. The molecule has 0 radical (unpaired) electrons. The summed E-state index contributed by atoms with van der Waals surface area (Å²) in [5.74, 6) is 1.54. The van der Waals surface area contributed by atoms with Gasteiger partial charge in [0.05, 0.1) is 0 Å². The Bertz CT molecular complexity index is 665. The van der Waals surface area contributed by atoms with Crippen LogP contribution in [0.3, 0.4) is 0 Å². The molecule has 0 unspecified atom stereocenters. The van der Waals surface area contributed by atoms with Gasteiger partial charge in [0.25, 0.3) is 0 Å². The van der Waals surface area contributed by atoms with Crippen LogP contribution in [-0.2, 0) is 5.48 Å². The number of hydrogen-bond donors (Lipinski definition) is 0. The Labute approximate surface area is 174 Å². The van der Waals surface area contributed by atoms with Crippen molar-refractivity contribution in [3.05, 3.63) is 58.8 Å². The summed E-state index contributed by atoms with van der Waals surface area (Å²) in [7, 11) is 0. The number of benzene rings is 1. The summed E-state index contributed by atoms with van der Waals surface area (Å²) in [6.45, 7) is 2.06. The smallest absolute Gasteiger partial charge is 0.518 e. The minimum atomic E-state index is 0. The van der Waals surface area contributed by atoms with Crippen molar-refractivity contribution in [3.8, 4) is 21.6 Å². The van der Waals surface area contributed by atoms with Gasteiger partial charge in [0.15, 0.2) is 5.06 Å². The summed E-state index contributed by atoms with van der Waals surface area (Å²) >= 11 is 3.07. The van der Waals surface area contributed by atoms with Gasteiger partial charge in [0.1, 0.15) is 11.5 Å². The van der Waals surface area contributed by atoms with Gasteiger partial charge in [0, 0.05) is 16.0 Å². The molecule has 21 heavy (non-hydrogen) atoms. The third kappa shape index (κ3) is 5.50. The Balaban J connectivity index is 0.00000110. The molecule has 3 N–H and O–H groups in total. The van der Waals surface area contributed by atoms with E-state index in [1.807, 2.05) is 48.5 Å². The fraction of sp³-hybridized carbons (Fsp3) is 0.0667. The van der Waals surface area contributed by atoms with Gasteiger partial charge in [-0.15, -0.1) is 16.7 Å². The molecule has 104 valence electrons. The van der Waals surface area contributed by atoms with Crippen molar-refractivity contribution in [1.82, 2.24) is 0 Å². The molecule has 3 nitrogen and oxygen atoms in total. The minimum Gasteiger partial charge on any atom is -0.518 e. The average molecular weight is 346 g/mol. The van der Waals surface area contributed by atoms with Crippen LogP contribution in [0.1, 0.15) is 4.88 Å². The van der Waals surface area contributed by atoms with Gasteiger partial charge in [0.2, 0.25) is 0 Å². The molecule has 0 amide bonds. The molecule has 0 aliphatic carbocycles. The molecule has 0 saturated carbocycles. The first-order valence-electron chi connectivity index (χ1n) is 5.78. The van der Waals surface area contributed by atoms with Gasteiger partial charge in [-0.25, -0.2) is 0 Å². The number of aryl methyl sites for hydroxylation is 1. The number of hydrogen-bond acceptors (Lipinski definition) is 4. The molecule has 3 aromatic rings. The molecule has 6 heteroatoms. The molecule has 0 saturated heterocycles. The Kier molecular flexibility index (Phi) is 8.15. The van der Waals surface area contributed by atoms with Gasteiger partial charge >= 0.3 is 51.4 Å². The van der Waals surface area contributed by atoms with Crippen molar-refractivity contribution in [2.45, 2.75) is 6.92 Å². The van der Waals surface area contributed by atoms with E-state index < -0.39 is 0 Å². The van der Waals surface area contributed by atoms with E-state index >= 15 is 0 Å². The maximum absolute atomic E-state index is 5.79. The molecular formula is C15H14KO3S2+. The van der Waals surface area contributed by atoms with Crippen LogP contribution in [0.2, 0.25) is 0 Å². The first kappa shape index (κ1) is 18.9. The Morgan fingerprint density at radius 3 is 2.24 bits per heavy atom. The van der Waals surface area contributed by atoms with E-state index in [-0.39, 0.29) is 56.9 Å². The SMILES string of the molecule is Cc1ccc(Oc2cccc(Oc3cc[c-]s3)c2)s1.[K+].[OH3+]. The molecule has 2 heterocycles. The summed E-state index contributed by atoms with van der Waals surface area (Å²) in [6.07, 6.45) is 0. The van der Waals surface area contributed by atoms with Crippen LogP contribution in [0.15, 0.2) is 48.5 Å². The zero-order chi connectivity index (χ0) is 13.1. The Morgan fingerprint density at radius 1 is 0.952 bits per heavy atom. The van der Waals surface area contributed by atoms with Gasteiger partial charge < -0.3 is 14.9 Å². The zero-order valence-corrected chi connectivity index (χ0v) is 16.6. The van der Waals surface area contributed by atoms with Crippen molar-refractivity contribution in [1.29, 1.82) is 0 Å². The first-order valence-corrected chi connectivity index (χ1v) is 7.41. The predicted octanol–water partition coefficient (Wildman–Crippen LogP) is 1.58. The zero-order valence-electron chi connectivity index (χ0n) is 11.8. The monoisotopic (exact) mass is 345 g/mol. The number of thiophene rings is 2. The Morgan fingerprint density at radius 2 is 1.67 bits per heavy atom.